The number of hydrogen-bond acceptors (Lipinski definition) is 2. The third kappa shape index (κ3) is 6.72. The summed E-state index contributed by atoms with van der Waals surface area (Å²) in [5, 5.41) is 2.67. The van der Waals surface area contributed by atoms with Gasteiger partial charge in [0.15, 0.2) is 6.07 Å². The molecule has 0 saturated heterocycles. The highest BCUT2D eigenvalue weighted by Crippen LogP contribution is 2.32. The molecule has 1 unspecified atom stereocenters. The second kappa shape index (κ2) is 7.55. The van der Waals surface area contributed by atoms with E-state index in [1.807, 2.05) is 6.92 Å². The molecular formula is C12H22ClNO2. The number of carbonyl (C=O) groups excluding carboxylic acids is 1. The van der Waals surface area contributed by atoms with Crippen LogP contribution in [0.3, 0.4) is 0 Å². The molecule has 0 aromatic carbocycles. The van der Waals surface area contributed by atoms with Gasteiger partial charge in [-0.05, 0) is 25.2 Å². The van der Waals surface area contributed by atoms with Gasteiger partial charge in [0.05, 0.1) is 0 Å². The van der Waals surface area contributed by atoms with Gasteiger partial charge in [0.1, 0.15) is 0 Å². The zero-order chi connectivity index (χ0) is 12.6. The molecule has 0 aliphatic heterocycles. The Morgan fingerprint density at radius 3 is 2.62 bits per heavy atom. The minimum atomic E-state index is -0.455. The largest absolute Gasteiger partial charge is 0.433 e. The van der Waals surface area contributed by atoms with Crippen molar-refractivity contribution in [2.45, 2.75) is 40.0 Å². The monoisotopic (exact) mass is 247 g/mol. The number of alkyl halides is 1. The Morgan fingerprint density at radius 2 is 2.19 bits per heavy atom. The molecule has 0 aromatic heterocycles. The summed E-state index contributed by atoms with van der Waals surface area (Å²) in [6.45, 7) is 10.9. The zero-order valence-electron chi connectivity index (χ0n) is 10.4. The number of nitrogens with one attached hydrogen (secondary N) is 1. The maximum absolute atomic E-state index is 11.0. The van der Waals surface area contributed by atoms with E-state index in [1.54, 1.807) is 0 Å². The van der Waals surface area contributed by atoms with Gasteiger partial charge >= 0.3 is 6.09 Å². The smallest absolute Gasteiger partial charge is 0.408 e. The number of amides is 1. The van der Waals surface area contributed by atoms with Crippen LogP contribution < -0.4 is 5.32 Å². The van der Waals surface area contributed by atoms with E-state index in [0.717, 1.165) is 19.3 Å². The fourth-order valence-corrected chi connectivity index (χ4v) is 1.78. The molecule has 0 saturated carbocycles. The van der Waals surface area contributed by atoms with Crippen LogP contribution in [-0.2, 0) is 4.74 Å². The summed E-state index contributed by atoms with van der Waals surface area (Å²) in [6, 6.07) is -0.108. The summed E-state index contributed by atoms with van der Waals surface area (Å²) in [5.74, 6) is 0. The fraction of sp³-hybridized carbons (Fsp3) is 0.750. The van der Waals surface area contributed by atoms with Gasteiger partial charge in [0.25, 0.3) is 0 Å². The summed E-state index contributed by atoms with van der Waals surface area (Å²) in [5.41, 5.74) is 1.37. The minimum Gasteiger partial charge on any atom is -0.433 e. The molecule has 0 rings (SSSR count). The molecule has 1 amide bonds. The summed E-state index contributed by atoms with van der Waals surface area (Å²) in [6.07, 6.45) is 2.50. The van der Waals surface area contributed by atoms with Crippen molar-refractivity contribution in [2.24, 2.45) is 5.41 Å². The molecule has 0 aromatic rings. The number of alkyl carbamates (subject to hydrolysis) is 1. The highest BCUT2D eigenvalue weighted by Gasteiger charge is 2.21. The summed E-state index contributed by atoms with van der Waals surface area (Å²) >= 11 is 5.27. The van der Waals surface area contributed by atoms with Crippen molar-refractivity contribution in [1.29, 1.82) is 0 Å². The average molecular weight is 248 g/mol. The molecule has 4 heteroatoms. The summed E-state index contributed by atoms with van der Waals surface area (Å²) < 4.78 is 4.57. The van der Waals surface area contributed by atoms with E-state index in [1.165, 1.54) is 5.57 Å². The van der Waals surface area contributed by atoms with Crippen molar-refractivity contribution < 1.29 is 9.53 Å². The maximum atomic E-state index is 11.0. The molecule has 3 nitrogen and oxygen atoms in total. The first-order valence-corrected chi connectivity index (χ1v) is 6.08. The van der Waals surface area contributed by atoms with E-state index >= 15 is 0 Å². The fourth-order valence-electron chi connectivity index (χ4n) is 1.69. The Bertz CT molecular complexity index is 243. The van der Waals surface area contributed by atoms with Crippen molar-refractivity contribution in [1.82, 2.24) is 5.32 Å². The zero-order valence-corrected chi connectivity index (χ0v) is 11.2. The lowest BCUT2D eigenvalue weighted by molar-refractivity contribution is 0.161. The number of ether oxygens (including phenoxy) is 1. The standard InChI is InChI=1S/C12H22ClNO2/c1-5-12(4,8-10(2)3)6-7-14-11(15)16-9-13/h2,5-9H2,1,3-4H3,(H,14,15). The van der Waals surface area contributed by atoms with Gasteiger partial charge in [0, 0.05) is 6.54 Å². The van der Waals surface area contributed by atoms with Crippen molar-refractivity contribution in [3.05, 3.63) is 12.2 Å². The Balaban J connectivity index is 3.95. The van der Waals surface area contributed by atoms with Gasteiger partial charge in [-0.2, -0.15) is 0 Å². The SMILES string of the molecule is C=C(C)CC(C)(CC)CCNC(=O)OCCl. The molecule has 0 aliphatic rings. The lowest BCUT2D eigenvalue weighted by Crippen LogP contribution is -2.29. The molecular weight excluding hydrogens is 226 g/mol. The van der Waals surface area contributed by atoms with Crippen LogP contribution in [0.15, 0.2) is 12.2 Å². The summed E-state index contributed by atoms with van der Waals surface area (Å²) in [4.78, 5) is 11.0. The first-order chi connectivity index (χ1) is 7.43. The molecule has 0 spiro atoms. The first kappa shape index (κ1) is 15.3. The number of allylic oxidation sites excluding steroid dienone is 1. The van der Waals surface area contributed by atoms with Crippen molar-refractivity contribution in [2.75, 3.05) is 12.6 Å². The van der Waals surface area contributed by atoms with Crippen LogP contribution in [0.5, 0.6) is 0 Å². The Morgan fingerprint density at radius 1 is 1.56 bits per heavy atom. The molecule has 0 heterocycles. The quantitative estimate of drug-likeness (QED) is 0.551. The predicted molar refractivity (Wildman–Crippen MR) is 67.6 cm³/mol. The molecule has 0 aliphatic carbocycles. The Kier molecular flexibility index (Phi) is 7.22. The average Bonchev–Trinajstić information content (AvgIpc) is 2.17. The first-order valence-electron chi connectivity index (χ1n) is 5.54. The van der Waals surface area contributed by atoms with Crippen LogP contribution in [0.2, 0.25) is 0 Å². The van der Waals surface area contributed by atoms with Crippen molar-refractivity contribution >= 4 is 17.7 Å². The van der Waals surface area contributed by atoms with Crippen LogP contribution in [-0.4, -0.2) is 18.7 Å². The van der Waals surface area contributed by atoms with Gasteiger partial charge < -0.3 is 10.1 Å². The number of carbonyl (C=O) groups is 1. The van der Waals surface area contributed by atoms with Crippen LogP contribution >= 0.6 is 11.6 Å². The Labute approximate surface area is 103 Å². The van der Waals surface area contributed by atoms with Crippen molar-refractivity contribution in [3.63, 3.8) is 0 Å². The lowest BCUT2D eigenvalue weighted by Gasteiger charge is -2.28. The molecule has 16 heavy (non-hydrogen) atoms. The third-order valence-corrected chi connectivity index (χ3v) is 2.87. The number of halogens is 1. The normalized spacial score (nSPS) is 14.0. The molecule has 1 atom stereocenters. The summed E-state index contributed by atoms with van der Waals surface area (Å²) in [7, 11) is 0. The van der Waals surface area contributed by atoms with E-state index in [4.69, 9.17) is 11.6 Å². The highest BCUT2D eigenvalue weighted by molar-refractivity contribution is 6.17. The predicted octanol–water partition coefficient (Wildman–Crippen LogP) is 3.68. The van der Waals surface area contributed by atoms with E-state index < -0.39 is 6.09 Å². The molecule has 0 radical (unpaired) electrons. The second-order valence-electron chi connectivity index (χ2n) is 4.52. The van der Waals surface area contributed by atoms with Crippen LogP contribution in [0.4, 0.5) is 4.79 Å². The topological polar surface area (TPSA) is 38.3 Å². The minimum absolute atomic E-state index is 0.108. The molecule has 94 valence electrons. The van der Waals surface area contributed by atoms with Crippen molar-refractivity contribution in [3.8, 4) is 0 Å². The van der Waals surface area contributed by atoms with Crippen LogP contribution in [0, 0.1) is 5.41 Å². The highest BCUT2D eigenvalue weighted by atomic mass is 35.5. The van der Waals surface area contributed by atoms with E-state index in [2.05, 4.69) is 30.5 Å². The van der Waals surface area contributed by atoms with Gasteiger partial charge in [-0.1, -0.05) is 37.4 Å². The lowest BCUT2D eigenvalue weighted by atomic mass is 9.79. The van der Waals surface area contributed by atoms with Crippen LogP contribution in [0.25, 0.3) is 0 Å². The van der Waals surface area contributed by atoms with Gasteiger partial charge in [0.2, 0.25) is 0 Å². The second-order valence-corrected chi connectivity index (χ2v) is 4.73. The van der Waals surface area contributed by atoms with Gasteiger partial charge in [-0.15, -0.1) is 6.58 Å². The Hall–Kier alpha value is -0.700. The van der Waals surface area contributed by atoms with Crippen LogP contribution in [0.1, 0.15) is 40.0 Å². The number of hydrogen-bond donors (Lipinski definition) is 1. The maximum Gasteiger partial charge on any atom is 0.408 e. The molecule has 0 bridgehead atoms. The van der Waals surface area contributed by atoms with Gasteiger partial charge in [-0.3, -0.25) is 0 Å². The van der Waals surface area contributed by atoms with Gasteiger partial charge in [-0.25, -0.2) is 4.79 Å². The molecule has 1 N–H and O–H groups in total. The van der Waals surface area contributed by atoms with E-state index in [-0.39, 0.29) is 11.5 Å². The number of rotatable bonds is 7. The third-order valence-electron chi connectivity index (χ3n) is 2.77. The van der Waals surface area contributed by atoms with E-state index in [0.29, 0.717) is 6.54 Å². The van der Waals surface area contributed by atoms with E-state index in [9.17, 15) is 4.79 Å². The molecule has 0 fully saturated rings.